The van der Waals surface area contributed by atoms with Gasteiger partial charge in [-0.3, -0.25) is 14.6 Å². The van der Waals surface area contributed by atoms with Crippen LogP contribution in [0.25, 0.3) is 0 Å². The molecular weight excluding hydrogens is 276 g/mol. The lowest BCUT2D eigenvalue weighted by Gasteiger charge is -2.03. The minimum Gasteiger partial charge on any atom is -0.496 e. The number of aromatic nitrogens is 2. The van der Waals surface area contributed by atoms with Gasteiger partial charge in [0.25, 0.3) is 11.5 Å². The maximum Gasteiger partial charge on any atom is 0.326 e. The van der Waals surface area contributed by atoms with Gasteiger partial charge in [-0.2, -0.15) is 5.10 Å². The highest BCUT2D eigenvalue weighted by atomic mass is 16.5. The molecule has 2 aromatic rings. The number of aromatic amines is 2. The van der Waals surface area contributed by atoms with Crippen LogP contribution in [-0.4, -0.2) is 29.2 Å². The molecule has 1 heterocycles. The van der Waals surface area contributed by atoms with E-state index in [0.717, 1.165) is 6.07 Å². The fourth-order valence-corrected chi connectivity index (χ4v) is 1.58. The minimum absolute atomic E-state index is 0.180. The lowest BCUT2D eigenvalue weighted by Crippen LogP contribution is -2.28. The number of nitrogens with zero attached hydrogens (tertiary/aromatic N) is 1. The Morgan fingerprint density at radius 1 is 1.29 bits per heavy atom. The zero-order valence-corrected chi connectivity index (χ0v) is 11.0. The van der Waals surface area contributed by atoms with Gasteiger partial charge in [-0.15, -0.1) is 0 Å². The molecule has 0 radical (unpaired) electrons. The van der Waals surface area contributed by atoms with E-state index in [1.807, 2.05) is 4.98 Å². The highest BCUT2D eigenvalue weighted by Crippen LogP contribution is 2.14. The van der Waals surface area contributed by atoms with E-state index in [-0.39, 0.29) is 5.69 Å². The Kier molecular flexibility index (Phi) is 4.30. The number of amides is 1. The third-order valence-corrected chi connectivity index (χ3v) is 2.51. The zero-order valence-electron chi connectivity index (χ0n) is 11.0. The monoisotopic (exact) mass is 288 g/mol. The molecule has 0 bridgehead atoms. The van der Waals surface area contributed by atoms with Gasteiger partial charge in [0.05, 0.1) is 13.3 Å². The van der Waals surface area contributed by atoms with Crippen molar-refractivity contribution in [1.29, 1.82) is 0 Å². The number of para-hydroxylation sites is 1. The van der Waals surface area contributed by atoms with Crippen LogP contribution in [-0.2, 0) is 0 Å². The number of ether oxygens (including phenoxy) is 1. The van der Waals surface area contributed by atoms with Crippen molar-refractivity contribution >= 4 is 12.1 Å². The first-order chi connectivity index (χ1) is 10.1. The lowest BCUT2D eigenvalue weighted by atomic mass is 10.2. The third-order valence-electron chi connectivity index (χ3n) is 2.51. The summed E-state index contributed by atoms with van der Waals surface area (Å²) in [6, 6.07) is 8.06. The summed E-state index contributed by atoms with van der Waals surface area (Å²) < 4.78 is 5.12. The molecule has 0 fully saturated rings. The van der Waals surface area contributed by atoms with Crippen LogP contribution in [0.15, 0.2) is 45.0 Å². The Morgan fingerprint density at radius 3 is 2.76 bits per heavy atom. The average Bonchev–Trinajstić information content (AvgIpc) is 2.46. The molecule has 8 nitrogen and oxygen atoms in total. The summed E-state index contributed by atoms with van der Waals surface area (Å²) in [5, 5.41) is 3.75. The van der Waals surface area contributed by atoms with Crippen LogP contribution in [0.3, 0.4) is 0 Å². The second-order valence-corrected chi connectivity index (χ2v) is 3.94. The van der Waals surface area contributed by atoms with Crippen LogP contribution in [0, 0.1) is 0 Å². The number of hydrogen-bond acceptors (Lipinski definition) is 5. The van der Waals surface area contributed by atoms with Gasteiger partial charge in [0, 0.05) is 11.6 Å². The molecule has 8 heteroatoms. The second-order valence-electron chi connectivity index (χ2n) is 3.94. The Hall–Kier alpha value is -3.16. The molecule has 1 aromatic heterocycles. The van der Waals surface area contributed by atoms with E-state index in [2.05, 4.69) is 15.5 Å². The molecule has 0 aliphatic heterocycles. The largest absolute Gasteiger partial charge is 0.496 e. The van der Waals surface area contributed by atoms with Crippen molar-refractivity contribution in [3.63, 3.8) is 0 Å². The molecule has 0 spiro atoms. The molecule has 0 saturated carbocycles. The lowest BCUT2D eigenvalue weighted by molar-refractivity contribution is 0.0949. The number of carbonyl (C=O) groups excluding carboxylic acids is 1. The number of hydrogen-bond donors (Lipinski definition) is 3. The summed E-state index contributed by atoms with van der Waals surface area (Å²) in [5.41, 5.74) is 1.26. The van der Waals surface area contributed by atoms with Crippen LogP contribution in [0.1, 0.15) is 16.1 Å². The molecule has 0 saturated heterocycles. The standard InChI is InChI=1S/C13H12N4O4/c1-21-10-5-3-2-4-8(10)7-14-17-12(19)9-6-11(18)16-13(20)15-9/h2-7H,1H3,(H,17,19)(H2,15,16,18,20). The summed E-state index contributed by atoms with van der Waals surface area (Å²) in [6.45, 7) is 0. The van der Waals surface area contributed by atoms with Crippen molar-refractivity contribution in [1.82, 2.24) is 15.4 Å². The van der Waals surface area contributed by atoms with Gasteiger partial charge in [0.15, 0.2) is 0 Å². The summed E-state index contributed by atoms with van der Waals surface area (Å²) in [4.78, 5) is 38.0. The van der Waals surface area contributed by atoms with Gasteiger partial charge in [0.2, 0.25) is 0 Å². The topological polar surface area (TPSA) is 116 Å². The van der Waals surface area contributed by atoms with Crippen molar-refractivity contribution in [2.45, 2.75) is 0 Å². The second kappa shape index (κ2) is 6.33. The van der Waals surface area contributed by atoms with Gasteiger partial charge in [0.1, 0.15) is 11.4 Å². The molecule has 0 unspecified atom stereocenters. The first-order valence-electron chi connectivity index (χ1n) is 5.90. The fraction of sp³-hybridized carbons (Fsp3) is 0.0769. The van der Waals surface area contributed by atoms with Crippen LogP contribution in [0.2, 0.25) is 0 Å². The molecule has 1 aromatic carbocycles. The van der Waals surface area contributed by atoms with Gasteiger partial charge in [-0.1, -0.05) is 12.1 Å². The van der Waals surface area contributed by atoms with E-state index in [1.54, 1.807) is 24.3 Å². The predicted molar refractivity (Wildman–Crippen MR) is 75.7 cm³/mol. The van der Waals surface area contributed by atoms with Gasteiger partial charge in [-0.25, -0.2) is 10.2 Å². The van der Waals surface area contributed by atoms with E-state index in [4.69, 9.17) is 4.74 Å². The minimum atomic E-state index is -0.763. The maximum absolute atomic E-state index is 11.7. The Morgan fingerprint density at radius 2 is 2.05 bits per heavy atom. The quantitative estimate of drug-likeness (QED) is 0.535. The van der Waals surface area contributed by atoms with Crippen LogP contribution >= 0.6 is 0 Å². The van der Waals surface area contributed by atoms with Crippen LogP contribution in [0.4, 0.5) is 0 Å². The van der Waals surface area contributed by atoms with Crippen molar-refractivity contribution < 1.29 is 9.53 Å². The van der Waals surface area contributed by atoms with Crippen LogP contribution < -0.4 is 21.4 Å². The predicted octanol–water partition coefficient (Wildman–Crippen LogP) is -0.164. The zero-order chi connectivity index (χ0) is 15.2. The number of methoxy groups -OCH3 is 1. The van der Waals surface area contributed by atoms with Crippen molar-refractivity contribution in [2.24, 2.45) is 5.10 Å². The molecule has 21 heavy (non-hydrogen) atoms. The summed E-state index contributed by atoms with van der Waals surface area (Å²) >= 11 is 0. The van der Waals surface area contributed by atoms with Gasteiger partial charge < -0.3 is 9.72 Å². The molecule has 1 amide bonds. The summed E-state index contributed by atoms with van der Waals surface area (Å²) in [7, 11) is 1.52. The number of benzene rings is 1. The maximum atomic E-state index is 11.7. The molecule has 3 N–H and O–H groups in total. The molecule has 0 aliphatic carbocycles. The summed E-state index contributed by atoms with van der Waals surface area (Å²) in [6.07, 6.45) is 1.39. The number of H-pyrrole nitrogens is 2. The number of hydrazone groups is 1. The third kappa shape index (κ3) is 3.66. The highest BCUT2D eigenvalue weighted by molar-refractivity contribution is 5.93. The van der Waals surface area contributed by atoms with Crippen molar-refractivity contribution in [3.8, 4) is 5.75 Å². The fourth-order valence-electron chi connectivity index (χ4n) is 1.58. The number of carbonyl (C=O) groups is 1. The smallest absolute Gasteiger partial charge is 0.326 e. The molecule has 0 aliphatic rings. The Bertz CT molecular complexity index is 763. The molecule has 0 atom stereocenters. The van der Waals surface area contributed by atoms with E-state index in [1.165, 1.54) is 13.3 Å². The van der Waals surface area contributed by atoms with Gasteiger partial charge in [-0.05, 0) is 12.1 Å². The average molecular weight is 288 g/mol. The first kappa shape index (κ1) is 14.3. The molecular formula is C13H12N4O4. The highest BCUT2D eigenvalue weighted by Gasteiger charge is 2.06. The Labute approximate surface area is 118 Å². The Balaban J connectivity index is 2.12. The number of rotatable bonds is 4. The SMILES string of the molecule is COc1ccccc1C=NNC(=O)c1cc(=O)[nH]c(=O)[nH]1. The van der Waals surface area contributed by atoms with Crippen LogP contribution in [0.5, 0.6) is 5.75 Å². The van der Waals surface area contributed by atoms with E-state index < -0.39 is 17.2 Å². The summed E-state index contributed by atoms with van der Waals surface area (Å²) in [5.74, 6) is -0.107. The molecule has 108 valence electrons. The van der Waals surface area contributed by atoms with Gasteiger partial charge >= 0.3 is 5.69 Å². The van der Waals surface area contributed by atoms with E-state index in [0.29, 0.717) is 11.3 Å². The van der Waals surface area contributed by atoms with Crippen molar-refractivity contribution in [3.05, 3.63) is 62.4 Å². The van der Waals surface area contributed by atoms with Crippen molar-refractivity contribution in [2.75, 3.05) is 7.11 Å². The van der Waals surface area contributed by atoms with E-state index in [9.17, 15) is 14.4 Å². The first-order valence-corrected chi connectivity index (χ1v) is 5.90. The normalized spacial score (nSPS) is 10.5. The molecule has 2 rings (SSSR count). The number of nitrogens with one attached hydrogen (secondary N) is 3. The van der Waals surface area contributed by atoms with E-state index >= 15 is 0 Å².